The second kappa shape index (κ2) is 13.8. The number of nitrogens with two attached hydrogens (primary N) is 1. The monoisotopic (exact) mass is 512 g/mol. The highest BCUT2D eigenvalue weighted by Gasteiger charge is 2.43. The maximum atomic E-state index is 15.0. The lowest BCUT2D eigenvalue weighted by Gasteiger charge is -2.42. The number of ether oxygens (including phenoxy) is 2. The van der Waals surface area contributed by atoms with E-state index in [1.807, 2.05) is 0 Å². The first-order valence-corrected chi connectivity index (χ1v) is 13.6. The summed E-state index contributed by atoms with van der Waals surface area (Å²) in [5, 5.41) is 11.9. The number of carbonyl (C=O) groups is 1. The first kappa shape index (κ1) is 28.2. The summed E-state index contributed by atoms with van der Waals surface area (Å²) in [5.74, 6) is -0.315. The number of halogens is 2. The van der Waals surface area contributed by atoms with Gasteiger partial charge in [-0.2, -0.15) is 0 Å². The summed E-state index contributed by atoms with van der Waals surface area (Å²) in [7, 11) is 1.63. The van der Waals surface area contributed by atoms with E-state index < -0.39 is 17.5 Å². The molecule has 6 nitrogen and oxygen atoms in total. The number of unbranched alkanes of at least 4 members (excludes halogenated alkanes) is 1. The molecule has 3 atom stereocenters. The summed E-state index contributed by atoms with van der Waals surface area (Å²) >= 11 is 6.06. The number of hydrogen-bond donors (Lipinski definition) is 2. The minimum atomic E-state index is -1.45. The number of rotatable bonds is 11. The van der Waals surface area contributed by atoms with Crippen molar-refractivity contribution in [2.24, 2.45) is 17.6 Å². The van der Waals surface area contributed by atoms with Gasteiger partial charge in [-0.25, -0.2) is 9.18 Å². The molecule has 0 aromatic heterocycles. The molecule has 0 spiro atoms. The molecule has 1 aliphatic carbocycles. The van der Waals surface area contributed by atoms with Gasteiger partial charge in [-0.15, -0.1) is 0 Å². The Bertz CT molecular complexity index is 807. The van der Waals surface area contributed by atoms with Crippen molar-refractivity contribution in [1.29, 1.82) is 0 Å². The number of benzene rings is 1. The normalized spacial score (nSPS) is 22.0. The zero-order chi connectivity index (χ0) is 25.3. The molecular formula is C27H42ClFN2O4. The largest absolute Gasteiger partial charge is 0.448 e. The molecule has 1 saturated carbocycles. The Hall–Kier alpha value is -1.41. The molecule has 2 unspecified atom stereocenters. The van der Waals surface area contributed by atoms with Crippen LogP contribution in [0, 0.1) is 17.7 Å². The van der Waals surface area contributed by atoms with Crippen LogP contribution in [0.4, 0.5) is 9.18 Å². The van der Waals surface area contributed by atoms with E-state index >= 15 is 4.39 Å². The van der Waals surface area contributed by atoms with Gasteiger partial charge < -0.3 is 25.2 Å². The fourth-order valence-electron chi connectivity index (χ4n) is 5.76. The summed E-state index contributed by atoms with van der Waals surface area (Å²) in [6.07, 6.45) is 9.84. The van der Waals surface area contributed by atoms with E-state index in [1.165, 1.54) is 38.2 Å². The van der Waals surface area contributed by atoms with Crippen molar-refractivity contribution in [3.63, 3.8) is 0 Å². The molecule has 3 rings (SSSR count). The lowest BCUT2D eigenvalue weighted by molar-refractivity contribution is -0.0625. The van der Waals surface area contributed by atoms with E-state index in [0.717, 1.165) is 12.8 Å². The number of amides is 1. The molecule has 1 aromatic rings. The predicted octanol–water partition coefficient (Wildman–Crippen LogP) is 5.63. The second-order valence-corrected chi connectivity index (χ2v) is 10.7. The fraction of sp³-hybridized carbons (Fsp3) is 0.741. The van der Waals surface area contributed by atoms with Crippen LogP contribution in [0.5, 0.6) is 0 Å². The number of nitrogens with zero attached hydrogens (tertiary/aromatic N) is 1. The first-order chi connectivity index (χ1) is 16.8. The molecule has 2 fully saturated rings. The molecule has 198 valence electrons. The molecule has 1 heterocycles. The van der Waals surface area contributed by atoms with E-state index in [-0.39, 0.29) is 29.2 Å². The van der Waals surface area contributed by atoms with Crippen LogP contribution in [0.1, 0.15) is 76.2 Å². The molecular weight excluding hydrogens is 471 g/mol. The van der Waals surface area contributed by atoms with Gasteiger partial charge in [0.15, 0.2) is 0 Å². The first-order valence-electron chi connectivity index (χ1n) is 13.2. The average Bonchev–Trinajstić information content (AvgIpc) is 2.87. The van der Waals surface area contributed by atoms with Crippen molar-refractivity contribution >= 4 is 17.7 Å². The van der Waals surface area contributed by atoms with Gasteiger partial charge in [-0.1, -0.05) is 55.8 Å². The Balaban J connectivity index is 1.63. The zero-order valence-electron chi connectivity index (χ0n) is 21.0. The summed E-state index contributed by atoms with van der Waals surface area (Å²) < 4.78 is 25.8. The molecule has 0 bridgehead atoms. The molecule has 1 aromatic carbocycles. The van der Waals surface area contributed by atoms with Gasteiger partial charge in [0.25, 0.3) is 0 Å². The van der Waals surface area contributed by atoms with E-state index in [4.69, 9.17) is 26.8 Å². The van der Waals surface area contributed by atoms with Gasteiger partial charge in [-0.3, -0.25) is 0 Å². The van der Waals surface area contributed by atoms with Gasteiger partial charge in [-0.05, 0) is 50.5 Å². The molecule has 35 heavy (non-hydrogen) atoms. The van der Waals surface area contributed by atoms with Crippen LogP contribution in [0.2, 0.25) is 5.02 Å². The van der Waals surface area contributed by atoms with Gasteiger partial charge in [0.1, 0.15) is 12.4 Å². The molecule has 3 N–H and O–H groups in total. The highest BCUT2D eigenvalue weighted by molar-refractivity contribution is 6.30. The highest BCUT2D eigenvalue weighted by Crippen LogP contribution is 2.42. The minimum Gasteiger partial charge on any atom is -0.448 e. The predicted molar refractivity (Wildman–Crippen MR) is 136 cm³/mol. The van der Waals surface area contributed by atoms with Crippen LogP contribution in [-0.2, 0) is 15.1 Å². The topological polar surface area (TPSA) is 85.0 Å². The Morgan fingerprint density at radius 2 is 2.03 bits per heavy atom. The zero-order valence-corrected chi connectivity index (χ0v) is 21.8. The third kappa shape index (κ3) is 7.78. The van der Waals surface area contributed by atoms with Gasteiger partial charge in [0.05, 0.1) is 10.6 Å². The maximum absolute atomic E-state index is 15.0. The quantitative estimate of drug-likeness (QED) is 0.375. The minimum absolute atomic E-state index is 0.0168. The molecule has 8 heteroatoms. The lowest BCUT2D eigenvalue weighted by atomic mass is 9.74. The molecule has 1 aliphatic heterocycles. The van der Waals surface area contributed by atoms with E-state index in [9.17, 15) is 9.90 Å². The van der Waals surface area contributed by atoms with Crippen LogP contribution in [0.15, 0.2) is 18.2 Å². The summed E-state index contributed by atoms with van der Waals surface area (Å²) in [6.45, 7) is 1.60. The van der Waals surface area contributed by atoms with Crippen LogP contribution in [0.3, 0.4) is 0 Å². The SMILES string of the molecule is COCCCC[C@@](O)(c1cccc(Cl)c1F)C1CCCN(C(=O)OCC(N)CC2CCCCC2)C1. The number of methoxy groups -OCH3 is 1. The van der Waals surface area contributed by atoms with E-state index in [2.05, 4.69) is 0 Å². The summed E-state index contributed by atoms with van der Waals surface area (Å²) in [6, 6.07) is 4.57. The van der Waals surface area contributed by atoms with Gasteiger partial charge >= 0.3 is 6.09 Å². The Morgan fingerprint density at radius 1 is 1.26 bits per heavy atom. The molecule has 2 aliphatic rings. The third-order valence-corrected chi connectivity index (χ3v) is 8.00. The van der Waals surface area contributed by atoms with Crippen LogP contribution < -0.4 is 5.73 Å². The van der Waals surface area contributed by atoms with E-state index in [0.29, 0.717) is 51.3 Å². The number of carbonyl (C=O) groups excluding carboxylic acids is 1. The highest BCUT2D eigenvalue weighted by atomic mass is 35.5. The molecule has 1 saturated heterocycles. The van der Waals surface area contributed by atoms with Crippen LogP contribution >= 0.6 is 11.6 Å². The fourth-order valence-corrected chi connectivity index (χ4v) is 5.93. The number of piperidine rings is 1. The van der Waals surface area contributed by atoms with Crippen molar-refractivity contribution in [3.05, 3.63) is 34.6 Å². The van der Waals surface area contributed by atoms with Crippen molar-refractivity contribution in [2.45, 2.75) is 82.3 Å². The Morgan fingerprint density at radius 3 is 2.77 bits per heavy atom. The van der Waals surface area contributed by atoms with Gasteiger partial charge in [0.2, 0.25) is 0 Å². The van der Waals surface area contributed by atoms with E-state index in [1.54, 1.807) is 24.1 Å². The Labute approximate surface area is 214 Å². The van der Waals surface area contributed by atoms with Crippen molar-refractivity contribution in [1.82, 2.24) is 4.90 Å². The standard InChI is InChI=1S/C27H42ClFN2O4/c1-34-16-6-5-14-27(33,23-12-7-13-24(28)25(23)29)21-11-8-15-31(18-21)26(32)35-19-22(30)17-20-9-3-2-4-10-20/h7,12-13,20-22,33H,2-6,8-11,14-19,30H2,1H3/t21?,22?,27-/m0/s1. The van der Waals surface area contributed by atoms with Crippen LogP contribution in [0.25, 0.3) is 0 Å². The lowest BCUT2D eigenvalue weighted by Crippen LogP contribution is -2.49. The number of hydrogen-bond acceptors (Lipinski definition) is 5. The summed E-state index contributed by atoms with van der Waals surface area (Å²) in [5.41, 5.74) is 5.01. The summed E-state index contributed by atoms with van der Waals surface area (Å²) in [4.78, 5) is 14.5. The smallest absolute Gasteiger partial charge is 0.409 e. The third-order valence-electron chi connectivity index (χ3n) is 7.71. The molecule has 1 amide bonds. The number of aliphatic hydroxyl groups is 1. The van der Waals surface area contributed by atoms with Gasteiger partial charge in [0, 0.05) is 44.3 Å². The maximum Gasteiger partial charge on any atom is 0.409 e. The molecule has 0 radical (unpaired) electrons. The van der Waals surface area contributed by atoms with Crippen molar-refractivity contribution in [3.8, 4) is 0 Å². The Kier molecular flexibility index (Phi) is 11.1. The van der Waals surface area contributed by atoms with Crippen molar-refractivity contribution in [2.75, 3.05) is 33.4 Å². The van der Waals surface area contributed by atoms with Crippen LogP contribution in [-0.4, -0.2) is 55.6 Å². The second-order valence-electron chi connectivity index (χ2n) is 10.3. The number of likely N-dealkylation sites (tertiary alicyclic amines) is 1. The average molecular weight is 513 g/mol. The van der Waals surface area contributed by atoms with Crippen molar-refractivity contribution < 1.29 is 23.8 Å².